The minimum absolute atomic E-state index is 0.00357. The molecule has 4 nitrogen and oxygen atoms in total. The Bertz CT molecular complexity index is 976. The molecule has 0 aliphatic rings. The molecule has 4 aromatic rings. The van der Waals surface area contributed by atoms with E-state index in [2.05, 4.69) is 9.97 Å². The van der Waals surface area contributed by atoms with Gasteiger partial charge >= 0.3 is 0 Å². The summed E-state index contributed by atoms with van der Waals surface area (Å²) in [6.45, 7) is 0. The molecule has 0 unspecified atom stereocenters. The van der Waals surface area contributed by atoms with Gasteiger partial charge in [-0.25, -0.2) is 4.98 Å². The quantitative estimate of drug-likeness (QED) is 0.528. The topological polar surface area (TPSA) is 58.1 Å². The number of nitrogens with zero attached hydrogens (tertiary/aromatic N) is 1. The number of rotatable bonds is 3. The molecular weight excluding hydrogens is 324 g/mol. The van der Waals surface area contributed by atoms with Crippen LogP contribution in [0.5, 0.6) is 17.2 Å². The summed E-state index contributed by atoms with van der Waals surface area (Å²) < 4.78 is 5.67. The van der Waals surface area contributed by atoms with E-state index in [1.165, 1.54) is 6.07 Å². The van der Waals surface area contributed by atoms with Crippen LogP contribution in [0.4, 0.5) is 0 Å². The molecule has 0 fully saturated rings. The van der Waals surface area contributed by atoms with Crippen LogP contribution in [-0.2, 0) is 0 Å². The van der Waals surface area contributed by atoms with Crippen LogP contribution in [0.2, 0.25) is 5.02 Å². The molecule has 118 valence electrons. The highest BCUT2D eigenvalue weighted by Crippen LogP contribution is 2.33. The first-order chi connectivity index (χ1) is 11.7. The third kappa shape index (κ3) is 2.79. The summed E-state index contributed by atoms with van der Waals surface area (Å²) in [7, 11) is 0. The van der Waals surface area contributed by atoms with Crippen molar-refractivity contribution in [3.05, 3.63) is 71.8 Å². The van der Waals surface area contributed by atoms with Gasteiger partial charge in [0.2, 0.25) is 0 Å². The van der Waals surface area contributed by atoms with Crippen molar-refractivity contribution in [2.75, 3.05) is 0 Å². The average Bonchev–Trinajstić information content (AvgIpc) is 3.02. The second-order valence-electron chi connectivity index (χ2n) is 5.34. The van der Waals surface area contributed by atoms with Crippen LogP contribution >= 0.6 is 11.6 Å². The molecule has 0 aliphatic heterocycles. The summed E-state index contributed by atoms with van der Waals surface area (Å²) in [4.78, 5) is 7.86. The summed E-state index contributed by atoms with van der Waals surface area (Å²) in [6, 6.07) is 20.1. The van der Waals surface area contributed by atoms with Crippen LogP contribution in [0.25, 0.3) is 22.4 Å². The highest BCUT2D eigenvalue weighted by molar-refractivity contribution is 6.30. The predicted molar refractivity (Wildman–Crippen MR) is 94.7 cm³/mol. The molecule has 3 aromatic carbocycles. The van der Waals surface area contributed by atoms with Crippen molar-refractivity contribution in [1.82, 2.24) is 9.97 Å². The number of imidazole rings is 1. The second kappa shape index (κ2) is 5.91. The van der Waals surface area contributed by atoms with E-state index in [4.69, 9.17) is 16.3 Å². The van der Waals surface area contributed by atoms with Crippen molar-refractivity contribution in [3.8, 4) is 28.6 Å². The Balaban J connectivity index is 1.60. The Morgan fingerprint density at radius 1 is 0.958 bits per heavy atom. The molecule has 0 spiro atoms. The number of hydrogen-bond donors (Lipinski definition) is 2. The van der Waals surface area contributed by atoms with E-state index in [-0.39, 0.29) is 5.75 Å². The molecule has 0 radical (unpaired) electrons. The number of benzene rings is 3. The van der Waals surface area contributed by atoms with Crippen molar-refractivity contribution < 1.29 is 9.84 Å². The van der Waals surface area contributed by atoms with Crippen molar-refractivity contribution in [3.63, 3.8) is 0 Å². The summed E-state index contributed by atoms with van der Waals surface area (Å²) in [5, 5.41) is 10.3. The number of aromatic nitrogens is 2. The Morgan fingerprint density at radius 2 is 1.75 bits per heavy atom. The smallest absolute Gasteiger partial charge is 0.169 e. The number of phenols is 1. The number of para-hydroxylation sites is 2. The Morgan fingerprint density at radius 3 is 2.50 bits per heavy atom. The molecule has 0 aliphatic carbocycles. The lowest BCUT2D eigenvalue weighted by Gasteiger charge is -2.08. The third-order valence-electron chi connectivity index (χ3n) is 3.67. The summed E-state index contributed by atoms with van der Waals surface area (Å²) >= 11 is 5.82. The van der Waals surface area contributed by atoms with Crippen molar-refractivity contribution in [2.24, 2.45) is 0 Å². The number of aromatic hydroxyl groups is 1. The molecule has 5 heteroatoms. The van der Waals surface area contributed by atoms with Crippen LogP contribution in [-0.4, -0.2) is 15.1 Å². The van der Waals surface area contributed by atoms with Crippen LogP contribution in [0.3, 0.4) is 0 Å². The maximum absolute atomic E-state index is 9.84. The Hall–Kier alpha value is -2.98. The van der Waals surface area contributed by atoms with Gasteiger partial charge in [0, 0.05) is 16.7 Å². The van der Waals surface area contributed by atoms with Crippen LogP contribution in [0.1, 0.15) is 0 Å². The highest BCUT2D eigenvalue weighted by Gasteiger charge is 2.07. The van der Waals surface area contributed by atoms with Gasteiger partial charge in [-0.15, -0.1) is 0 Å². The van der Waals surface area contributed by atoms with Gasteiger partial charge in [-0.1, -0.05) is 23.7 Å². The molecule has 24 heavy (non-hydrogen) atoms. The van der Waals surface area contributed by atoms with Gasteiger partial charge in [-0.3, -0.25) is 0 Å². The van der Waals surface area contributed by atoms with Crippen molar-refractivity contribution in [2.45, 2.75) is 0 Å². The number of ether oxygens (including phenoxy) is 1. The molecule has 1 heterocycles. The zero-order valence-electron chi connectivity index (χ0n) is 12.5. The van der Waals surface area contributed by atoms with E-state index < -0.39 is 0 Å². The van der Waals surface area contributed by atoms with E-state index in [0.29, 0.717) is 16.5 Å². The first-order valence-electron chi connectivity index (χ1n) is 7.40. The molecular formula is C19H13ClN2O2. The minimum Gasteiger partial charge on any atom is -0.504 e. The van der Waals surface area contributed by atoms with Crippen molar-refractivity contribution >= 4 is 22.6 Å². The summed E-state index contributed by atoms with van der Waals surface area (Å²) in [6.07, 6.45) is 0. The molecule has 2 N–H and O–H groups in total. The first-order valence-corrected chi connectivity index (χ1v) is 7.78. The molecule has 0 saturated carbocycles. The number of aromatic amines is 1. The minimum atomic E-state index is 0.00357. The number of fused-ring (bicyclic) bond motifs is 1. The van der Waals surface area contributed by atoms with Crippen LogP contribution in [0.15, 0.2) is 66.7 Å². The van der Waals surface area contributed by atoms with Gasteiger partial charge < -0.3 is 14.8 Å². The molecule has 1 aromatic heterocycles. The van der Waals surface area contributed by atoms with Gasteiger partial charge in [0.05, 0.1) is 11.0 Å². The standard InChI is InChI=1S/C19H13ClN2O2/c20-13-7-10-18(17(23)11-13)24-14-8-5-12(6-9-14)19-21-15-3-1-2-4-16(15)22-19/h1-11,23H,(H,21,22). The van der Waals surface area contributed by atoms with E-state index >= 15 is 0 Å². The number of nitrogens with one attached hydrogen (secondary N) is 1. The van der Waals surface area contributed by atoms with E-state index in [0.717, 1.165) is 22.4 Å². The van der Waals surface area contributed by atoms with Gasteiger partial charge in [-0.2, -0.15) is 0 Å². The molecule has 0 atom stereocenters. The zero-order chi connectivity index (χ0) is 16.5. The Labute approximate surface area is 143 Å². The monoisotopic (exact) mass is 336 g/mol. The van der Waals surface area contributed by atoms with Crippen LogP contribution < -0.4 is 4.74 Å². The lowest BCUT2D eigenvalue weighted by Crippen LogP contribution is -1.86. The predicted octanol–water partition coefficient (Wildman–Crippen LogP) is 5.38. The summed E-state index contributed by atoms with van der Waals surface area (Å²) in [5.74, 6) is 1.78. The second-order valence-corrected chi connectivity index (χ2v) is 5.78. The highest BCUT2D eigenvalue weighted by atomic mass is 35.5. The van der Waals surface area contributed by atoms with E-state index in [1.807, 2.05) is 48.5 Å². The van der Waals surface area contributed by atoms with Gasteiger partial charge in [0.1, 0.15) is 11.6 Å². The fraction of sp³-hybridized carbons (Fsp3) is 0. The van der Waals surface area contributed by atoms with Crippen molar-refractivity contribution in [1.29, 1.82) is 0 Å². The Kier molecular flexibility index (Phi) is 3.59. The normalized spacial score (nSPS) is 10.9. The first kappa shape index (κ1) is 14.6. The fourth-order valence-electron chi connectivity index (χ4n) is 2.47. The number of hydrogen-bond acceptors (Lipinski definition) is 3. The van der Waals surface area contributed by atoms with Crippen LogP contribution in [0, 0.1) is 0 Å². The number of halogens is 1. The van der Waals surface area contributed by atoms with Gasteiger partial charge in [0.15, 0.2) is 11.5 Å². The maximum atomic E-state index is 9.84. The summed E-state index contributed by atoms with van der Waals surface area (Å²) in [5.41, 5.74) is 2.89. The zero-order valence-corrected chi connectivity index (χ0v) is 13.3. The number of phenolic OH excluding ortho intramolecular Hbond substituents is 1. The van der Waals surface area contributed by atoms with Gasteiger partial charge in [-0.05, 0) is 48.5 Å². The van der Waals surface area contributed by atoms with E-state index in [9.17, 15) is 5.11 Å². The lowest BCUT2D eigenvalue weighted by atomic mass is 10.2. The number of H-pyrrole nitrogens is 1. The average molecular weight is 337 g/mol. The SMILES string of the molecule is Oc1cc(Cl)ccc1Oc1ccc(-c2nc3ccccc3[nH]2)cc1. The molecule has 0 bridgehead atoms. The molecule has 4 rings (SSSR count). The van der Waals surface area contributed by atoms with Gasteiger partial charge in [0.25, 0.3) is 0 Å². The third-order valence-corrected chi connectivity index (χ3v) is 3.90. The largest absolute Gasteiger partial charge is 0.504 e. The van der Waals surface area contributed by atoms with E-state index in [1.54, 1.807) is 12.1 Å². The molecule has 0 amide bonds. The lowest BCUT2D eigenvalue weighted by molar-refractivity contribution is 0.411. The maximum Gasteiger partial charge on any atom is 0.169 e. The molecule has 0 saturated heterocycles. The fourth-order valence-corrected chi connectivity index (χ4v) is 2.64.